The van der Waals surface area contributed by atoms with Crippen molar-refractivity contribution in [3.63, 3.8) is 0 Å². The van der Waals surface area contributed by atoms with Crippen molar-refractivity contribution >= 4 is 32.7 Å². The van der Waals surface area contributed by atoms with E-state index in [1.807, 2.05) is 67.6 Å². The van der Waals surface area contributed by atoms with Crippen molar-refractivity contribution in [1.82, 2.24) is 23.6 Å². The summed E-state index contributed by atoms with van der Waals surface area (Å²) in [7, 11) is -1.91. The predicted molar refractivity (Wildman–Crippen MR) is 186 cm³/mol. The highest BCUT2D eigenvalue weighted by atomic mass is 32.2. The normalized spacial score (nSPS) is 15.2. The number of nitrogens with one attached hydrogen (secondary N) is 1. The van der Waals surface area contributed by atoms with E-state index in [9.17, 15) is 13.2 Å². The maximum absolute atomic E-state index is 13.9. The van der Waals surface area contributed by atoms with E-state index >= 15 is 0 Å². The van der Waals surface area contributed by atoms with E-state index in [1.165, 1.54) is 18.8 Å². The smallest absolute Gasteiger partial charge is 0.269 e. The third kappa shape index (κ3) is 6.47. The van der Waals surface area contributed by atoms with Crippen LogP contribution in [0.15, 0.2) is 115 Å². The number of likely N-dealkylation sites (tertiary alicyclic amines) is 1. The lowest BCUT2D eigenvalue weighted by Gasteiger charge is -2.19. The number of carbonyl (C=O) groups excluding carboxylic acids is 1. The van der Waals surface area contributed by atoms with Crippen LogP contribution in [0.3, 0.4) is 0 Å². The van der Waals surface area contributed by atoms with Crippen LogP contribution in [0.25, 0.3) is 22.2 Å². The molecule has 1 aliphatic rings. The molecule has 1 fully saturated rings. The number of likely N-dealkylation sites (N-methyl/N-ethyl adjacent to an activating group) is 1. The highest BCUT2D eigenvalue weighted by molar-refractivity contribution is 7.90. The van der Waals surface area contributed by atoms with Gasteiger partial charge >= 0.3 is 0 Å². The summed E-state index contributed by atoms with van der Waals surface area (Å²) in [4.78, 5) is 20.6. The van der Waals surface area contributed by atoms with Crippen molar-refractivity contribution < 1.29 is 17.9 Å². The van der Waals surface area contributed by atoms with Crippen LogP contribution in [0.1, 0.15) is 34.3 Å². The topological polar surface area (TPSA) is 111 Å². The molecule has 10 nitrogen and oxygen atoms in total. The van der Waals surface area contributed by atoms with Crippen LogP contribution >= 0.6 is 0 Å². The zero-order valence-electron chi connectivity index (χ0n) is 26.8. The van der Waals surface area contributed by atoms with Gasteiger partial charge in [-0.05, 0) is 74.8 Å². The molecule has 6 aromatic rings. The Morgan fingerprint density at radius 3 is 2.54 bits per heavy atom. The van der Waals surface area contributed by atoms with Crippen LogP contribution in [0.4, 0.5) is 5.69 Å². The second-order valence-electron chi connectivity index (χ2n) is 12.2. The van der Waals surface area contributed by atoms with Gasteiger partial charge in [0.05, 0.1) is 28.9 Å². The first-order chi connectivity index (χ1) is 23.2. The molecule has 7 rings (SSSR count). The number of nitrogens with zero attached hydrogens (tertiary/aromatic N) is 5. The van der Waals surface area contributed by atoms with Gasteiger partial charge in [0.1, 0.15) is 12.4 Å². The molecule has 1 saturated heterocycles. The molecule has 4 heterocycles. The van der Waals surface area contributed by atoms with Gasteiger partial charge in [0.25, 0.3) is 15.9 Å². The van der Waals surface area contributed by atoms with Gasteiger partial charge in [0.2, 0.25) is 0 Å². The van der Waals surface area contributed by atoms with Crippen molar-refractivity contribution in [3.8, 4) is 16.9 Å². The second kappa shape index (κ2) is 13.1. The number of aromatic nitrogens is 4. The average molecular weight is 661 g/mol. The molecule has 1 atom stereocenters. The monoisotopic (exact) mass is 660 g/mol. The Morgan fingerprint density at radius 2 is 1.77 bits per heavy atom. The maximum Gasteiger partial charge on any atom is 0.269 e. The van der Waals surface area contributed by atoms with E-state index in [-0.39, 0.29) is 10.5 Å². The number of benzene rings is 3. The third-order valence-electron chi connectivity index (χ3n) is 8.80. The highest BCUT2D eigenvalue weighted by Crippen LogP contribution is 2.33. The highest BCUT2D eigenvalue weighted by Gasteiger charge is 2.25. The fourth-order valence-corrected chi connectivity index (χ4v) is 7.35. The van der Waals surface area contributed by atoms with Gasteiger partial charge in [0.15, 0.2) is 5.65 Å². The van der Waals surface area contributed by atoms with Gasteiger partial charge in [-0.2, -0.15) is 5.10 Å². The van der Waals surface area contributed by atoms with Gasteiger partial charge in [-0.25, -0.2) is 17.4 Å². The lowest BCUT2D eigenvalue weighted by atomic mass is 10.1. The maximum atomic E-state index is 13.9. The molecular weight excluding hydrogens is 625 g/mol. The Kier molecular flexibility index (Phi) is 8.55. The second-order valence-corrected chi connectivity index (χ2v) is 14.0. The number of amides is 1. The Labute approximate surface area is 279 Å². The van der Waals surface area contributed by atoms with Gasteiger partial charge in [-0.1, -0.05) is 60.2 Å². The molecule has 0 aliphatic carbocycles. The molecule has 0 unspecified atom stereocenters. The fraction of sp³-hybridized carbons (Fsp3) is 0.216. The zero-order chi connectivity index (χ0) is 33.3. The average Bonchev–Trinajstić information content (AvgIpc) is 3.83. The lowest BCUT2D eigenvalue weighted by Crippen LogP contribution is -2.30. The van der Waals surface area contributed by atoms with Crippen molar-refractivity contribution in [3.05, 3.63) is 126 Å². The molecule has 11 heteroatoms. The summed E-state index contributed by atoms with van der Waals surface area (Å²) in [5.74, 6) is 0.326. The van der Waals surface area contributed by atoms with E-state index in [1.54, 1.807) is 41.3 Å². The van der Waals surface area contributed by atoms with Crippen LogP contribution in [-0.4, -0.2) is 64.2 Å². The quantitative estimate of drug-likeness (QED) is 0.186. The number of hydrogen-bond acceptors (Lipinski definition) is 7. The third-order valence-corrected chi connectivity index (χ3v) is 10.5. The van der Waals surface area contributed by atoms with Crippen molar-refractivity contribution in [2.24, 2.45) is 0 Å². The van der Waals surface area contributed by atoms with E-state index in [0.717, 1.165) is 44.9 Å². The molecule has 244 valence electrons. The molecule has 3 aromatic carbocycles. The minimum absolute atomic E-state index is 0.119. The van der Waals surface area contributed by atoms with Crippen LogP contribution in [0.5, 0.6) is 5.75 Å². The van der Waals surface area contributed by atoms with Gasteiger partial charge in [-0.3, -0.25) is 9.48 Å². The van der Waals surface area contributed by atoms with Crippen molar-refractivity contribution in [1.29, 1.82) is 0 Å². The first kappa shape index (κ1) is 31.3. The number of rotatable bonds is 10. The summed E-state index contributed by atoms with van der Waals surface area (Å²) in [5, 5.41) is 7.77. The first-order valence-corrected chi connectivity index (χ1v) is 17.3. The largest absolute Gasteiger partial charge is 0.492 e. The summed E-state index contributed by atoms with van der Waals surface area (Å²) >= 11 is 0. The Balaban J connectivity index is 1.22. The molecule has 1 aliphatic heterocycles. The number of pyridine rings is 1. The number of carbonyl (C=O) groups is 1. The zero-order valence-corrected chi connectivity index (χ0v) is 27.6. The summed E-state index contributed by atoms with van der Waals surface area (Å²) in [6, 6.07) is 26.5. The van der Waals surface area contributed by atoms with E-state index in [2.05, 4.69) is 27.3 Å². The van der Waals surface area contributed by atoms with E-state index in [4.69, 9.17) is 4.74 Å². The van der Waals surface area contributed by atoms with E-state index in [0.29, 0.717) is 35.8 Å². The molecule has 0 spiro atoms. The lowest BCUT2D eigenvalue weighted by molar-refractivity contribution is 0.102. The Bertz CT molecular complexity index is 2190. The summed E-state index contributed by atoms with van der Waals surface area (Å²) in [5.41, 5.74) is 4.46. The molecule has 0 bridgehead atoms. The number of fused-ring (bicyclic) bond motifs is 1. The molecule has 0 saturated carbocycles. The minimum Gasteiger partial charge on any atom is -0.492 e. The molecular formula is C37H36N6O4S. The van der Waals surface area contributed by atoms with Gasteiger partial charge < -0.3 is 15.0 Å². The van der Waals surface area contributed by atoms with Gasteiger partial charge in [-0.15, -0.1) is 0 Å². The summed E-state index contributed by atoms with van der Waals surface area (Å²) in [6.45, 7) is 4.09. The molecule has 48 heavy (non-hydrogen) atoms. The van der Waals surface area contributed by atoms with Crippen LogP contribution in [-0.2, 0) is 16.6 Å². The molecule has 1 N–H and O–H groups in total. The van der Waals surface area contributed by atoms with E-state index < -0.39 is 15.9 Å². The summed E-state index contributed by atoms with van der Waals surface area (Å²) in [6.07, 6.45) is 8.52. The van der Waals surface area contributed by atoms with Crippen molar-refractivity contribution in [2.45, 2.75) is 37.2 Å². The van der Waals surface area contributed by atoms with Crippen molar-refractivity contribution in [2.75, 3.05) is 25.5 Å². The number of aryl methyl sites for hydroxylation is 1. The predicted octanol–water partition coefficient (Wildman–Crippen LogP) is 6.22. The Morgan fingerprint density at radius 1 is 0.958 bits per heavy atom. The van der Waals surface area contributed by atoms with Crippen LogP contribution < -0.4 is 10.1 Å². The fourth-order valence-electron chi connectivity index (χ4n) is 6.02. The Hall–Kier alpha value is -5.26. The number of anilines is 1. The van der Waals surface area contributed by atoms with Gasteiger partial charge in [0, 0.05) is 35.6 Å². The first-order valence-electron chi connectivity index (χ1n) is 15.9. The summed E-state index contributed by atoms with van der Waals surface area (Å²) < 4.78 is 36.8. The van der Waals surface area contributed by atoms with Crippen LogP contribution in [0, 0.1) is 6.92 Å². The molecule has 0 radical (unpaired) electrons. The standard InChI is InChI=1S/C37H36N6O4S/c1-26-13-15-33(16-14-26)48(45,46)43-24-35(40-37(44)30-21-39-42(23-30)22-27-8-4-3-5-9-27)34-19-29(20-38-36(34)43)28-10-6-12-32(18-28)47-25-31-11-7-17-41(31)2/h3-6,8-10,12-16,18-21,23-24,31H,7,11,17,22,25H2,1-2H3,(H,40,44)/t31-/m0/s1. The minimum atomic E-state index is -4.03. The number of hydrogen-bond donors (Lipinski definition) is 1. The molecule has 3 aromatic heterocycles. The SMILES string of the molecule is Cc1ccc(S(=O)(=O)n2cc(NC(=O)c3cnn(Cc4ccccc4)c3)c3cc(-c4cccc(OC[C@@H]5CCCN5C)c4)cnc32)cc1. The van der Waals surface area contributed by atoms with Crippen LogP contribution in [0.2, 0.25) is 0 Å². The number of ether oxygens (including phenoxy) is 1. The molecule has 1 amide bonds.